The van der Waals surface area contributed by atoms with Crippen LogP contribution in [-0.2, 0) is 9.53 Å². The summed E-state index contributed by atoms with van der Waals surface area (Å²) in [5, 5.41) is 28.7. The predicted octanol–water partition coefficient (Wildman–Crippen LogP) is 3.79. The molecule has 0 saturated carbocycles. The number of phenolic OH excluding ortho intramolecular Hbond substituents is 1. The molecule has 0 aliphatic rings. The van der Waals surface area contributed by atoms with Crippen LogP contribution in [0.2, 0.25) is 0 Å². The van der Waals surface area contributed by atoms with Crippen LogP contribution in [0.15, 0.2) is 59.6 Å². The number of aromatic hydroxyl groups is 1. The number of carbonyl (C=O) groups excluding carboxylic acids is 1. The lowest BCUT2D eigenvalue weighted by atomic mass is 9.97. The highest BCUT2D eigenvalue weighted by molar-refractivity contribution is 8.00. The molecular weight excluding hydrogens is 400 g/mol. The normalized spacial score (nSPS) is 11.2. The van der Waals surface area contributed by atoms with Crippen LogP contribution in [0, 0.1) is 22.7 Å². The molecule has 0 fully saturated rings. The topological polar surface area (TPSA) is 133 Å². The van der Waals surface area contributed by atoms with E-state index in [2.05, 4.69) is 11.1 Å². The van der Waals surface area contributed by atoms with E-state index < -0.39 is 11.2 Å². The second kappa shape index (κ2) is 8.99. The molecule has 3 rings (SSSR count). The van der Waals surface area contributed by atoms with Gasteiger partial charge in [0.2, 0.25) is 0 Å². The SMILES string of the molecule is COC(=O)C(Sc1nc(N)c(C#N)c(-c2cccc(O)c2)c1C#N)c1ccccc1. The Balaban J connectivity index is 2.22. The fourth-order valence-corrected chi connectivity index (χ4v) is 4.06. The van der Waals surface area contributed by atoms with Gasteiger partial charge in [-0.2, -0.15) is 10.5 Å². The molecule has 148 valence electrons. The van der Waals surface area contributed by atoms with Gasteiger partial charge in [-0.3, -0.25) is 4.79 Å². The van der Waals surface area contributed by atoms with Crippen molar-refractivity contribution in [3.63, 3.8) is 0 Å². The number of carbonyl (C=O) groups is 1. The van der Waals surface area contributed by atoms with Gasteiger partial charge in [0.05, 0.1) is 12.7 Å². The third-order valence-corrected chi connectivity index (χ3v) is 5.52. The van der Waals surface area contributed by atoms with Crippen LogP contribution in [0.3, 0.4) is 0 Å². The van der Waals surface area contributed by atoms with Crippen molar-refractivity contribution < 1.29 is 14.6 Å². The molecule has 1 heterocycles. The fraction of sp³-hybridized carbons (Fsp3) is 0.0909. The number of rotatable bonds is 5. The van der Waals surface area contributed by atoms with Crippen LogP contribution < -0.4 is 5.73 Å². The van der Waals surface area contributed by atoms with Gasteiger partial charge in [0.1, 0.15) is 39.5 Å². The number of nitrogens with two attached hydrogens (primary N) is 1. The predicted molar refractivity (Wildman–Crippen MR) is 112 cm³/mol. The van der Waals surface area contributed by atoms with Gasteiger partial charge in [-0.25, -0.2) is 4.98 Å². The van der Waals surface area contributed by atoms with E-state index in [1.54, 1.807) is 36.4 Å². The summed E-state index contributed by atoms with van der Waals surface area (Å²) in [6, 6.07) is 19.1. The minimum absolute atomic E-state index is 0.0239. The molecule has 0 aliphatic heterocycles. The summed E-state index contributed by atoms with van der Waals surface area (Å²) in [5.74, 6) is -0.616. The van der Waals surface area contributed by atoms with E-state index in [4.69, 9.17) is 10.5 Å². The number of nitriles is 2. The fourth-order valence-electron chi connectivity index (χ4n) is 2.93. The molecule has 30 heavy (non-hydrogen) atoms. The van der Waals surface area contributed by atoms with Crippen LogP contribution in [0.25, 0.3) is 11.1 Å². The minimum Gasteiger partial charge on any atom is -0.508 e. The maximum atomic E-state index is 12.5. The number of benzene rings is 2. The van der Waals surface area contributed by atoms with E-state index in [1.165, 1.54) is 19.2 Å². The first-order valence-electron chi connectivity index (χ1n) is 8.72. The van der Waals surface area contributed by atoms with Gasteiger partial charge in [-0.1, -0.05) is 54.2 Å². The van der Waals surface area contributed by atoms with Crippen molar-refractivity contribution in [2.75, 3.05) is 12.8 Å². The first-order valence-corrected chi connectivity index (χ1v) is 9.60. The van der Waals surface area contributed by atoms with Crippen molar-refractivity contribution in [3.8, 4) is 29.0 Å². The second-order valence-electron chi connectivity index (χ2n) is 6.13. The monoisotopic (exact) mass is 416 g/mol. The number of thioether (sulfide) groups is 1. The zero-order chi connectivity index (χ0) is 21.7. The number of hydrogen-bond donors (Lipinski definition) is 2. The van der Waals surface area contributed by atoms with Crippen molar-refractivity contribution in [2.45, 2.75) is 10.3 Å². The molecule has 0 radical (unpaired) electrons. The number of nitrogens with zero attached hydrogens (tertiary/aromatic N) is 3. The van der Waals surface area contributed by atoms with Crippen molar-refractivity contribution in [3.05, 3.63) is 71.3 Å². The first-order chi connectivity index (χ1) is 14.5. The first kappa shape index (κ1) is 20.7. The molecule has 0 amide bonds. The van der Waals surface area contributed by atoms with Gasteiger partial charge < -0.3 is 15.6 Å². The number of nitrogen functional groups attached to an aromatic ring is 1. The molecule has 0 saturated heterocycles. The third-order valence-electron chi connectivity index (χ3n) is 4.30. The number of pyridine rings is 1. The number of esters is 1. The molecule has 0 spiro atoms. The Morgan fingerprint density at radius 2 is 1.83 bits per heavy atom. The number of aromatic nitrogens is 1. The lowest BCUT2D eigenvalue weighted by Crippen LogP contribution is -2.12. The third kappa shape index (κ3) is 4.04. The zero-order valence-corrected chi connectivity index (χ0v) is 16.7. The Bertz CT molecular complexity index is 1180. The number of anilines is 1. The Morgan fingerprint density at radius 3 is 2.43 bits per heavy atom. The number of hydrogen-bond acceptors (Lipinski definition) is 8. The Labute approximate surface area is 177 Å². The Hall–Kier alpha value is -4.01. The van der Waals surface area contributed by atoms with Gasteiger partial charge in [-0.05, 0) is 23.3 Å². The maximum absolute atomic E-state index is 12.5. The lowest BCUT2D eigenvalue weighted by Gasteiger charge is -2.17. The minimum atomic E-state index is -0.792. The van der Waals surface area contributed by atoms with Crippen molar-refractivity contribution in [2.24, 2.45) is 0 Å². The standard InChI is InChI=1S/C22H16N4O3S/c1-29-22(28)19(13-6-3-2-4-7-13)30-21-17(12-24)18(16(11-23)20(25)26-21)14-8-5-9-15(27)10-14/h2-10,19,27H,1H3,(H2,25,26). The largest absolute Gasteiger partial charge is 0.508 e. The van der Waals surface area contributed by atoms with E-state index in [0.29, 0.717) is 11.1 Å². The molecule has 7 nitrogen and oxygen atoms in total. The molecule has 2 aromatic carbocycles. The summed E-state index contributed by atoms with van der Waals surface area (Å²) in [5.41, 5.74) is 7.49. The molecular formula is C22H16N4O3S. The molecule has 0 bridgehead atoms. The van der Waals surface area contributed by atoms with Crippen LogP contribution in [0.5, 0.6) is 5.75 Å². The smallest absolute Gasteiger partial charge is 0.323 e. The van der Waals surface area contributed by atoms with Crippen LogP contribution >= 0.6 is 11.8 Å². The second-order valence-corrected chi connectivity index (χ2v) is 7.23. The van der Waals surface area contributed by atoms with Crippen LogP contribution in [0.4, 0.5) is 5.82 Å². The van der Waals surface area contributed by atoms with E-state index in [0.717, 1.165) is 11.8 Å². The number of methoxy groups -OCH3 is 1. The number of phenols is 1. The average Bonchev–Trinajstić information content (AvgIpc) is 2.77. The Kier molecular flexibility index (Phi) is 6.21. The molecule has 1 aromatic heterocycles. The molecule has 8 heteroatoms. The Morgan fingerprint density at radius 1 is 1.13 bits per heavy atom. The van der Waals surface area contributed by atoms with E-state index >= 15 is 0 Å². The summed E-state index contributed by atoms with van der Waals surface area (Å²) < 4.78 is 4.93. The van der Waals surface area contributed by atoms with Crippen molar-refractivity contribution >= 4 is 23.5 Å². The summed E-state index contributed by atoms with van der Waals surface area (Å²) in [7, 11) is 1.28. The van der Waals surface area contributed by atoms with E-state index in [1.807, 2.05) is 12.1 Å². The summed E-state index contributed by atoms with van der Waals surface area (Å²) in [6.45, 7) is 0. The summed E-state index contributed by atoms with van der Waals surface area (Å²) >= 11 is 1.01. The molecule has 0 aliphatic carbocycles. The van der Waals surface area contributed by atoms with Gasteiger partial charge in [-0.15, -0.1) is 0 Å². The molecule has 1 atom stereocenters. The summed E-state index contributed by atoms with van der Waals surface area (Å²) in [6.07, 6.45) is 0. The van der Waals surface area contributed by atoms with Gasteiger partial charge in [0.15, 0.2) is 0 Å². The van der Waals surface area contributed by atoms with Gasteiger partial charge >= 0.3 is 5.97 Å². The average molecular weight is 416 g/mol. The van der Waals surface area contributed by atoms with Gasteiger partial charge in [0, 0.05) is 5.56 Å². The van der Waals surface area contributed by atoms with Crippen molar-refractivity contribution in [1.29, 1.82) is 10.5 Å². The zero-order valence-electron chi connectivity index (χ0n) is 15.9. The molecule has 3 N–H and O–H groups in total. The van der Waals surface area contributed by atoms with Crippen molar-refractivity contribution in [1.82, 2.24) is 4.98 Å². The van der Waals surface area contributed by atoms with Crippen LogP contribution in [-0.4, -0.2) is 23.2 Å². The highest BCUT2D eigenvalue weighted by Crippen LogP contribution is 2.42. The summed E-state index contributed by atoms with van der Waals surface area (Å²) in [4.78, 5) is 16.7. The van der Waals surface area contributed by atoms with E-state index in [9.17, 15) is 20.4 Å². The van der Waals surface area contributed by atoms with E-state index in [-0.39, 0.29) is 33.3 Å². The lowest BCUT2D eigenvalue weighted by molar-refractivity contribution is -0.140. The quantitative estimate of drug-likeness (QED) is 0.474. The highest BCUT2D eigenvalue weighted by Gasteiger charge is 2.28. The maximum Gasteiger partial charge on any atom is 0.323 e. The van der Waals surface area contributed by atoms with Gasteiger partial charge in [0.25, 0.3) is 0 Å². The highest BCUT2D eigenvalue weighted by atomic mass is 32.2. The number of ether oxygens (including phenoxy) is 1. The molecule has 3 aromatic rings. The molecule has 1 unspecified atom stereocenters. The van der Waals surface area contributed by atoms with Crippen LogP contribution in [0.1, 0.15) is 21.9 Å².